The predicted molar refractivity (Wildman–Crippen MR) is 121 cm³/mol. The van der Waals surface area contributed by atoms with Gasteiger partial charge in [-0.15, -0.1) is 0 Å². The average molecular weight is 390 g/mol. The van der Waals surface area contributed by atoms with Crippen molar-refractivity contribution in [3.8, 4) is 11.1 Å². The molecule has 0 aliphatic rings. The average Bonchev–Trinajstić information content (AvgIpc) is 3.18. The molecule has 0 radical (unpaired) electrons. The van der Waals surface area contributed by atoms with E-state index in [-0.39, 0.29) is 5.57 Å². The van der Waals surface area contributed by atoms with E-state index in [1.54, 1.807) is 6.08 Å². The van der Waals surface area contributed by atoms with Gasteiger partial charge in [-0.2, -0.15) is 0 Å². The Morgan fingerprint density at radius 3 is 2.13 bits per heavy atom. The van der Waals surface area contributed by atoms with E-state index < -0.39 is 5.97 Å². The van der Waals surface area contributed by atoms with Gasteiger partial charge in [-0.05, 0) is 28.8 Å². The molecule has 30 heavy (non-hydrogen) atoms. The Bertz CT molecular complexity index is 1390. The lowest BCUT2D eigenvalue weighted by atomic mass is 9.98. The van der Waals surface area contributed by atoms with Crippen LogP contribution in [-0.4, -0.2) is 11.1 Å². The molecule has 0 atom stereocenters. The minimum absolute atomic E-state index is 0.225. The molecule has 0 saturated carbocycles. The Kier molecular flexibility index (Phi) is 4.41. The highest BCUT2D eigenvalue weighted by Gasteiger charge is 2.14. The third kappa shape index (κ3) is 3.16. The fourth-order valence-electron chi connectivity index (χ4n) is 3.78. The molecule has 1 N–H and O–H groups in total. The van der Waals surface area contributed by atoms with Crippen LogP contribution >= 0.6 is 0 Å². The molecule has 0 spiro atoms. The molecule has 4 aromatic carbocycles. The van der Waals surface area contributed by atoms with Gasteiger partial charge in [0.15, 0.2) is 0 Å². The molecule has 0 amide bonds. The normalized spacial score (nSPS) is 11.8. The fraction of sp³-hybridized carbons (Fsp3) is 0. The van der Waals surface area contributed by atoms with Gasteiger partial charge in [-0.3, -0.25) is 0 Å². The van der Waals surface area contributed by atoms with Gasteiger partial charge >= 0.3 is 5.97 Å². The van der Waals surface area contributed by atoms with Crippen molar-refractivity contribution in [2.45, 2.75) is 0 Å². The Labute approximate surface area is 173 Å². The van der Waals surface area contributed by atoms with Crippen molar-refractivity contribution >= 4 is 39.6 Å². The van der Waals surface area contributed by atoms with Gasteiger partial charge in [0.1, 0.15) is 11.2 Å². The van der Waals surface area contributed by atoms with Gasteiger partial charge in [-0.1, -0.05) is 91.0 Å². The quantitative estimate of drug-likeness (QED) is 0.269. The highest BCUT2D eigenvalue weighted by Crippen LogP contribution is 2.33. The zero-order valence-corrected chi connectivity index (χ0v) is 16.1. The zero-order valence-electron chi connectivity index (χ0n) is 16.1. The molecule has 1 aromatic heterocycles. The molecule has 5 aromatic rings. The first kappa shape index (κ1) is 18.0. The molecular weight excluding hydrogens is 372 g/mol. The number of carbonyl (C=O) groups is 1. The first-order chi connectivity index (χ1) is 14.7. The third-order valence-corrected chi connectivity index (χ3v) is 5.27. The second kappa shape index (κ2) is 7.37. The van der Waals surface area contributed by atoms with Crippen LogP contribution in [0, 0.1) is 0 Å². The summed E-state index contributed by atoms with van der Waals surface area (Å²) in [7, 11) is 0. The molecule has 0 aliphatic heterocycles. The Hall–Kier alpha value is -4.11. The number of carboxylic acids is 1. The number of carboxylic acid groups (broad SMARTS) is 1. The minimum atomic E-state index is -0.976. The SMILES string of the molecule is O=C(O)/C(=C\c1cccc2c1oc1ccccc12)c1ccc(-c2ccccc2)cc1. The molecule has 3 nitrogen and oxygen atoms in total. The monoisotopic (exact) mass is 390 g/mol. The Morgan fingerprint density at radius 2 is 1.37 bits per heavy atom. The van der Waals surface area contributed by atoms with Crippen molar-refractivity contribution in [3.05, 3.63) is 108 Å². The fourth-order valence-corrected chi connectivity index (χ4v) is 3.78. The van der Waals surface area contributed by atoms with Crippen LogP contribution in [-0.2, 0) is 4.79 Å². The first-order valence-corrected chi connectivity index (χ1v) is 9.72. The maximum Gasteiger partial charge on any atom is 0.336 e. The van der Waals surface area contributed by atoms with E-state index in [1.807, 2.05) is 97.1 Å². The maximum absolute atomic E-state index is 12.1. The standard InChI is InChI=1S/C27H18O3/c28-27(29)24(20-15-13-19(14-16-20)18-7-2-1-3-8-18)17-21-9-6-11-23-22-10-4-5-12-25(22)30-26(21)23/h1-17H,(H,28,29)/b24-17-. The van der Waals surface area contributed by atoms with E-state index in [1.165, 1.54) is 0 Å². The number of benzene rings is 4. The van der Waals surface area contributed by atoms with E-state index in [0.29, 0.717) is 11.1 Å². The lowest BCUT2D eigenvalue weighted by Gasteiger charge is -2.06. The van der Waals surface area contributed by atoms with E-state index >= 15 is 0 Å². The smallest absolute Gasteiger partial charge is 0.336 e. The Morgan fingerprint density at radius 1 is 0.700 bits per heavy atom. The molecule has 0 fully saturated rings. The molecule has 0 bridgehead atoms. The van der Waals surface area contributed by atoms with Crippen molar-refractivity contribution in [2.75, 3.05) is 0 Å². The summed E-state index contributed by atoms with van der Waals surface area (Å²) in [6, 6.07) is 31.2. The van der Waals surface area contributed by atoms with Gasteiger partial charge in [0.2, 0.25) is 0 Å². The molecule has 144 valence electrons. The van der Waals surface area contributed by atoms with Crippen LogP contribution in [0.15, 0.2) is 101 Å². The number of hydrogen-bond acceptors (Lipinski definition) is 2. The highest BCUT2D eigenvalue weighted by molar-refractivity contribution is 6.22. The summed E-state index contributed by atoms with van der Waals surface area (Å²) in [6.07, 6.45) is 1.69. The van der Waals surface area contributed by atoms with E-state index in [0.717, 1.165) is 33.0 Å². The van der Waals surface area contributed by atoms with Crippen LogP contribution in [0.4, 0.5) is 0 Å². The predicted octanol–water partition coefficient (Wildman–Crippen LogP) is 6.88. The van der Waals surface area contributed by atoms with Gasteiger partial charge in [0, 0.05) is 16.3 Å². The summed E-state index contributed by atoms with van der Waals surface area (Å²) in [5, 5.41) is 11.9. The lowest BCUT2D eigenvalue weighted by Crippen LogP contribution is -1.99. The van der Waals surface area contributed by atoms with Gasteiger partial charge < -0.3 is 9.52 Å². The zero-order chi connectivity index (χ0) is 20.5. The van der Waals surface area contributed by atoms with Gasteiger partial charge in [-0.25, -0.2) is 4.79 Å². The van der Waals surface area contributed by atoms with Crippen molar-refractivity contribution in [3.63, 3.8) is 0 Å². The van der Waals surface area contributed by atoms with Crippen molar-refractivity contribution < 1.29 is 14.3 Å². The van der Waals surface area contributed by atoms with Crippen LogP contribution in [0.1, 0.15) is 11.1 Å². The van der Waals surface area contributed by atoms with Crippen LogP contribution in [0.25, 0.3) is 44.7 Å². The molecule has 0 saturated heterocycles. The third-order valence-electron chi connectivity index (χ3n) is 5.27. The minimum Gasteiger partial charge on any atom is -0.478 e. The lowest BCUT2D eigenvalue weighted by molar-refractivity contribution is -0.130. The summed E-state index contributed by atoms with van der Waals surface area (Å²) in [5.41, 5.74) is 5.24. The summed E-state index contributed by atoms with van der Waals surface area (Å²) in [4.78, 5) is 12.1. The topological polar surface area (TPSA) is 50.4 Å². The van der Waals surface area contributed by atoms with Crippen LogP contribution in [0.5, 0.6) is 0 Å². The summed E-state index contributed by atoms with van der Waals surface area (Å²) in [5.74, 6) is -0.976. The number of furan rings is 1. The molecular formula is C27H18O3. The molecule has 0 unspecified atom stereocenters. The number of fused-ring (bicyclic) bond motifs is 3. The van der Waals surface area contributed by atoms with E-state index in [9.17, 15) is 9.90 Å². The largest absolute Gasteiger partial charge is 0.478 e. The van der Waals surface area contributed by atoms with Gasteiger partial charge in [0.05, 0.1) is 5.57 Å². The summed E-state index contributed by atoms with van der Waals surface area (Å²) < 4.78 is 6.04. The molecule has 5 rings (SSSR count). The number of aliphatic carboxylic acids is 1. The molecule has 3 heteroatoms. The maximum atomic E-state index is 12.1. The summed E-state index contributed by atoms with van der Waals surface area (Å²) >= 11 is 0. The molecule has 1 heterocycles. The van der Waals surface area contributed by atoms with Crippen LogP contribution in [0.3, 0.4) is 0 Å². The van der Waals surface area contributed by atoms with Crippen molar-refractivity contribution in [2.24, 2.45) is 0 Å². The highest BCUT2D eigenvalue weighted by atomic mass is 16.4. The second-order valence-electron chi connectivity index (χ2n) is 7.13. The van der Waals surface area contributed by atoms with E-state index in [2.05, 4.69) is 0 Å². The van der Waals surface area contributed by atoms with Crippen LogP contribution in [0.2, 0.25) is 0 Å². The molecule has 0 aliphatic carbocycles. The number of rotatable bonds is 4. The Balaban J connectivity index is 1.61. The number of para-hydroxylation sites is 2. The van der Waals surface area contributed by atoms with Crippen molar-refractivity contribution in [1.82, 2.24) is 0 Å². The second-order valence-corrected chi connectivity index (χ2v) is 7.13. The van der Waals surface area contributed by atoms with Gasteiger partial charge in [0.25, 0.3) is 0 Å². The van der Waals surface area contributed by atoms with Crippen molar-refractivity contribution in [1.29, 1.82) is 0 Å². The number of hydrogen-bond donors (Lipinski definition) is 1. The van der Waals surface area contributed by atoms with Crippen LogP contribution < -0.4 is 0 Å². The first-order valence-electron chi connectivity index (χ1n) is 9.72. The van der Waals surface area contributed by atoms with E-state index in [4.69, 9.17) is 4.42 Å². The summed E-state index contributed by atoms with van der Waals surface area (Å²) in [6.45, 7) is 0.